The van der Waals surface area contributed by atoms with Crippen molar-refractivity contribution < 1.29 is 27.5 Å². The van der Waals surface area contributed by atoms with E-state index in [0.29, 0.717) is 32.5 Å². The molecule has 0 spiro atoms. The number of aromatic nitrogens is 6. The molecule has 2 aromatic carbocycles. The molecule has 268 valence electrons. The van der Waals surface area contributed by atoms with Crippen molar-refractivity contribution in [1.82, 2.24) is 33.8 Å². The van der Waals surface area contributed by atoms with Crippen LogP contribution in [0.2, 0.25) is 10.0 Å². The van der Waals surface area contributed by atoms with Crippen molar-refractivity contribution in [2.24, 2.45) is 7.05 Å². The summed E-state index contributed by atoms with van der Waals surface area (Å²) in [5.74, 6) is -0.788. The summed E-state index contributed by atoms with van der Waals surface area (Å²) in [5.41, 5.74) is -4.21. The van der Waals surface area contributed by atoms with Gasteiger partial charge in [-0.25, -0.2) is 23.7 Å². The maximum absolute atomic E-state index is 12.9. The van der Waals surface area contributed by atoms with Crippen LogP contribution in [-0.2, 0) is 18.0 Å². The van der Waals surface area contributed by atoms with E-state index in [-0.39, 0.29) is 22.3 Å². The number of benzene rings is 2. The Bertz CT molecular complexity index is 2050. The Morgan fingerprint density at radius 2 is 1.62 bits per heavy atom. The summed E-state index contributed by atoms with van der Waals surface area (Å²) in [6, 6.07) is 10.5. The van der Waals surface area contributed by atoms with E-state index in [9.17, 15) is 37.1 Å². The average Bonchev–Trinajstić information content (AvgIpc) is 3.44. The van der Waals surface area contributed by atoms with Crippen LogP contribution in [-0.4, -0.2) is 64.5 Å². The minimum Gasteiger partial charge on any atom is -0.459 e. The molecule has 0 radical (unpaired) electrons. The van der Waals surface area contributed by atoms with Gasteiger partial charge in [-0.3, -0.25) is 9.36 Å². The molecule has 0 saturated heterocycles. The molecule has 2 heterocycles. The smallest absolute Gasteiger partial charge is 0.431 e. The lowest BCUT2D eigenvalue weighted by Crippen LogP contribution is -2.46. The molecule has 0 N–H and O–H groups in total. The Balaban J connectivity index is 0.000000225. The van der Waals surface area contributed by atoms with E-state index in [1.807, 2.05) is 6.92 Å². The lowest BCUT2D eigenvalue weighted by Gasteiger charge is -2.32. The van der Waals surface area contributed by atoms with Crippen molar-refractivity contribution in [3.63, 3.8) is 0 Å². The van der Waals surface area contributed by atoms with E-state index < -0.39 is 46.9 Å². The van der Waals surface area contributed by atoms with Crippen molar-refractivity contribution in [3.8, 4) is 11.4 Å². The highest BCUT2D eigenvalue weighted by Gasteiger charge is 2.35. The zero-order chi connectivity index (χ0) is 36.9. The number of esters is 1. The quantitative estimate of drug-likeness (QED) is 0.187. The number of ether oxygens (including phenoxy) is 1. The molecule has 0 bridgehead atoms. The minimum absolute atomic E-state index is 0.0104. The highest BCUT2D eigenvalue weighted by molar-refractivity contribution is 6.33. The molecule has 1 aliphatic carbocycles. The van der Waals surface area contributed by atoms with Crippen molar-refractivity contribution in [3.05, 3.63) is 101 Å². The van der Waals surface area contributed by atoms with Gasteiger partial charge < -0.3 is 9.64 Å². The molecule has 13 nitrogen and oxygen atoms in total. The zero-order valence-electron chi connectivity index (χ0n) is 27.5. The molecule has 50 heavy (non-hydrogen) atoms. The Morgan fingerprint density at radius 1 is 0.960 bits per heavy atom. The third kappa shape index (κ3) is 8.35. The molecular weight excluding hydrogens is 706 g/mol. The van der Waals surface area contributed by atoms with Crippen LogP contribution >= 0.6 is 23.2 Å². The zero-order valence-corrected chi connectivity index (χ0v) is 29.0. The Hall–Kier alpha value is -4.70. The number of halogens is 5. The number of hydrogen-bond donors (Lipinski definition) is 0. The van der Waals surface area contributed by atoms with Crippen LogP contribution in [0.15, 0.2) is 62.9 Å². The maximum Gasteiger partial charge on any atom is 0.431 e. The van der Waals surface area contributed by atoms with Crippen LogP contribution in [0.5, 0.6) is 0 Å². The first-order chi connectivity index (χ1) is 23.6. The first-order valence-corrected chi connectivity index (χ1v) is 16.3. The summed E-state index contributed by atoms with van der Waals surface area (Å²) in [6.45, 7) is 5.68. The number of rotatable bonds is 6. The van der Waals surface area contributed by atoms with Crippen LogP contribution in [0.25, 0.3) is 11.4 Å². The van der Waals surface area contributed by atoms with Crippen LogP contribution in [0.3, 0.4) is 0 Å². The molecule has 1 fully saturated rings. The van der Waals surface area contributed by atoms with Crippen LogP contribution < -0.4 is 16.9 Å². The topological polar surface area (TPSA) is 143 Å². The monoisotopic (exact) mass is 739 g/mol. The highest BCUT2D eigenvalue weighted by Crippen LogP contribution is 2.27. The van der Waals surface area contributed by atoms with Gasteiger partial charge >= 0.3 is 29.6 Å². The molecule has 4 aromatic rings. The number of nitrogens with zero attached hydrogens (tertiary/aromatic N) is 7. The van der Waals surface area contributed by atoms with E-state index in [1.165, 1.54) is 18.6 Å². The molecule has 0 atom stereocenters. The van der Waals surface area contributed by atoms with Crippen molar-refractivity contribution in [2.75, 3.05) is 6.54 Å². The largest absolute Gasteiger partial charge is 0.459 e. The summed E-state index contributed by atoms with van der Waals surface area (Å²) < 4.78 is 46.4. The fraction of sp³-hybridized carbons (Fsp3) is 0.406. The van der Waals surface area contributed by atoms with E-state index in [1.54, 1.807) is 43.0 Å². The standard InChI is InChI=1S/C16H14ClF3N2O4.C16H20ClN5O2/c1-8(2)26-14(24)10-6-9(4-5-11(10)17)22-13(23)7-12(16(18,19)20)21(3)15(22)25;1-2-20(12-8-4-3-5-9-12)15(23)22-16(24)21(18-19-22)14-11-7-6-10-13(14)17/h4-8H,1-3H3;6-7,10-12H,2-5,8-9H2,1H3. The number of tetrazole rings is 1. The molecule has 18 heteroatoms. The van der Waals surface area contributed by atoms with E-state index >= 15 is 0 Å². The van der Waals surface area contributed by atoms with Gasteiger partial charge in [-0.05, 0) is 74.4 Å². The van der Waals surface area contributed by atoms with Gasteiger partial charge in [-0.15, -0.1) is 4.68 Å². The Morgan fingerprint density at radius 3 is 2.22 bits per heavy atom. The summed E-state index contributed by atoms with van der Waals surface area (Å²) in [5, 5.41) is 7.96. The molecule has 0 unspecified atom stereocenters. The van der Waals surface area contributed by atoms with Gasteiger partial charge in [-0.2, -0.15) is 17.9 Å². The molecule has 1 aliphatic rings. The predicted octanol–water partition coefficient (Wildman–Crippen LogP) is 5.48. The number of para-hydroxylation sites is 1. The number of carbonyl (C=O) groups is 2. The number of amides is 1. The van der Waals surface area contributed by atoms with Crippen molar-refractivity contribution in [1.29, 1.82) is 0 Å². The van der Waals surface area contributed by atoms with Crippen molar-refractivity contribution in [2.45, 2.75) is 71.2 Å². The van der Waals surface area contributed by atoms with Gasteiger partial charge in [-0.1, -0.05) is 54.6 Å². The fourth-order valence-electron chi connectivity index (χ4n) is 5.43. The Labute approximate surface area is 293 Å². The summed E-state index contributed by atoms with van der Waals surface area (Å²) in [4.78, 5) is 63.5. The van der Waals surface area contributed by atoms with Crippen molar-refractivity contribution >= 4 is 35.2 Å². The molecule has 1 amide bonds. The average molecular weight is 741 g/mol. The second kappa shape index (κ2) is 15.9. The number of hydrogen-bond acceptors (Lipinski definition) is 8. The maximum atomic E-state index is 12.9. The van der Waals surface area contributed by atoms with Crippen LogP contribution in [0, 0.1) is 0 Å². The lowest BCUT2D eigenvalue weighted by atomic mass is 9.94. The molecule has 1 saturated carbocycles. The third-order valence-corrected chi connectivity index (χ3v) is 8.48. The van der Waals surface area contributed by atoms with Crippen LogP contribution in [0.4, 0.5) is 18.0 Å². The number of alkyl halides is 3. The van der Waals surface area contributed by atoms with E-state index in [4.69, 9.17) is 27.9 Å². The van der Waals surface area contributed by atoms with Gasteiger partial charge in [0.1, 0.15) is 5.69 Å². The van der Waals surface area contributed by atoms with Gasteiger partial charge in [0.25, 0.3) is 5.56 Å². The Kier molecular flexibility index (Phi) is 12.1. The predicted molar refractivity (Wildman–Crippen MR) is 179 cm³/mol. The summed E-state index contributed by atoms with van der Waals surface area (Å²) in [7, 11) is 0.894. The fourth-order valence-corrected chi connectivity index (χ4v) is 5.84. The van der Waals surface area contributed by atoms with Gasteiger partial charge in [0, 0.05) is 25.7 Å². The lowest BCUT2D eigenvalue weighted by molar-refractivity contribution is -0.144. The van der Waals surface area contributed by atoms with Crippen LogP contribution in [0.1, 0.15) is 68.9 Å². The first kappa shape index (κ1) is 38.1. The second-order valence-electron chi connectivity index (χ2n) is 11.6. The van der Waals surface area contributed by atoms with Gasteiger partial charge in [0.2, 0.25) is 0 Å². The first-order valence-electron chi connectivity index (χ1n) is 15.6. The number of carbonyl (C=O) groups excluding carboxylic acids is 2. The molecule has 5 rings (SSSR count). The van der Waals surface area contributed by atoms with Gasteiger partial charge in [0.15, 0.2) is 0 Å². The second-order valence-corrected chi connectivity index (χ2v) is 12.4. The van der Waals surface area contributed by atoms with E-state index in [2.05, 4.69) is 10.4 Å². The molecule has 0 aliphatic heterocycles. The highest BCUT2D eigenvalue weighted by atomic mass is 35.5. The molecular formula is C32H34Cl2F3N7O6. The normalized spacial score (nSPS) is 13.5. The van der Waals surface area contributed by atoms with E-state index in [0.717, 1.165) is 48.2 Å². The summed E-state index contributed by atoms with van der Waals surface area (Å²) >= 11 is 12.0. The SMILES string of the molecule is CC(C)OC(=O)c1cc(-n2c(=O)cc(C(F)(F)F)n(C)c2=O)ccc1Cl.CCN(C(=O)n1nnn(-c2ccccc2Cl)c1=O)C1CCCCC1. The third-order valence-electron chi connectivity index (χ3n) is 7.83. The minimum atomic E-state index is -4.86. The molecule has 2 aromatic heterocycles. The summed E-state index contributed by atoms with van der Waals surface area (Å²) in [6.07, 6.45) is 0.0399. The van der Waals surface area contributed by atoms with Gasteiger partial charge in [0.05, 0.1) is 33.1 Å².